The molecule has 0 aliphatic heterocycles. The summed E-state index contributed by atoms with van der Waals surface area (Å²) in [7, 11) is -14.5. The van der Waals surface area contributed by atoms with Crippen LogP contribution in [0.15, 0.2) is 91.0 Å². The van der Waals surface area contributed by atoms with E-state index in [1.54, 1.807) is 23.6 Å². The Morgan fingerprint density at radius 1 is 0.686 bits per heavy atom. The van der Waals surface area contributed by atoms with Crippen LogP contribution >= 0.6 is 0 Å². The van der Waals surface area contributed by atoms with Gasteiger partial charge in [-0.05, 0) is 53.9 Å². The molecular formula is C29H26N7O12S3+. The second-order valence-electron chi connectivity index (χ2n) is 11.0. The van der Waals surface area contributed by atoms with Gasteiger partial charge in [0.2, 0.25) is 0 Å². The Morgan fingerprint density at radius 2 is 1.37 bits per heavy atom. The van der Waals surface area contributed by atoms with Gasteiger partial charge in [-0.15, -0.1) is 0 Å². The standard InChI is InChI=1S/C29H25N7O12S3/c30-20-11-17-13(7-24(20)50(43,44)45)8-25(51(46,47)48)26(27(17)37)32-12-31-21-5-6-23(16-3-2-15(10-18(16)21)49(40,41)42)36-35-14-1-4-22-19(9-14)28(38)34-29(39)33-22/h1-11,31-32,35-37H,12,30H2,(H,40,41,42)(H,43,44,45)(H,46,47,48)(H2,33,34,38,39)/p+1. The molecule has 19 nitrogen and oxygen atoms in total. The summed E-state index contributed by atoms with van der Waals surface area (Å²) in [5, 5.41) is 17.1. The number of anilines is 4. The van der Waals surface area contributed by atoms with Crippen molar-refractivity contribution < 1.29 is 49.4 Å². The zero-order valence-electron chi connectivity index (χ0n) is 25.5. The smallest absolute Gasteiger partial charge is 0.326 e. The fourth-order valence-corrected chi connectivity index (χ4v) is 7.27. The van der Waals surface area contributed by atoms with Crippen LogP contribution in [-0.2, 0) is 30.4 Å². The Hall–Kier alpha value is -5.75. The lowest BCUT2D eigenvalue weighted by Crippen LogP contribution is -2.82. The van der Waals surface area contributed by atoms with Gasteiger partial charge in [0.1, 0.15) is 15.5 Å². The SMILES string of the molecule is Nc1cc2c(O)c(NCNc3ccc(N[NH2+]c4ccc5[nH]c(=O)[nH]c(=O)c5c4)c4ccc(S(=O)(=O)O)cc34)c(S(=O)(=O)O)cc2cc1S(=O)(=O)O. The van der Waals surface area contributed by atoms with Crippen LogP contribution in [0, 0.1) is 0 Å². The molecule has 1 heterocycles. The molecule has 51 heavy (non-hydrogen) atoms. The number of rotatable bonds is 10. The van der Waals surface area contributed by atoms with E-state index in [1.807, 2.05) is 0 Å². The molecule has 22 heteroatoms. The second-order valence-corrected chi connectivity index (χ2v) is 15.2. The third-order valence-corrected chi connectivity index (χ3v) is 10.4. The van der Waals surface area contributed by atoms with Gasteiger partial charge in [-0.25, -0.2) is 15.6 Å². The van der Waals surface area contributed by atoms with Crippen LogP contribution in [-0.4, -0.2) is 60.7 Å². The van der Waals surface area contributed by atoms with Crippen LogP contribution < -0.4 is 38.5 Å². The topological polar surface area (TPSA) is 328 Å². The normalized spacial score (nSPS) is 12.4. The number of aromatic nitrogens is 2. The summed E-state index contributed by atoms with van der Waals surface area (Å²) in [4.78, 5) is 26.4. The van der Waals surface area contributed by atoms with E-state index in [-0.39, 0.29) is 33.9 Å². The Balaban J connectivity index is 1.34. The van der Waals surface area contributed by atoms with Crippen LogP contribution in [0.2, 0.25) is 0 Å². The summed E-state index contributed by atoms with van der Waals surface area (Å²) < 4.78 is 101. The van der Waals surface area contributed by atoms with Crippen molar-refractivity contribution in [3.63, 3.8) is 0 Å². The molecule has 6 rings (SSSR count). The number of nitrogens with two attached hydrogens (primary N) is 2. The molecule has 0 radical (unpaired) electrons. The lowest BCUT2D eigenvalue weighted by molar-refractivity contribution is -0.538. The number of fused-ring (bicyclic) bond motifs is 3. The van der Waals surface area contributed by atoms with Crippen LogP contribution in [0.4, 0.5) is 28.4 Å². The molecule has 0 bridgehead atoms. The van der Waals surface area contributed by atoms with Crippen LogP contribution in [0.3, 0.4) is 0 Å². The molecule has 0 spiro atoms. The Bertz CT molecular complexity index is 2890. The molecular weight excluding hydrogens is 735 g/mol. The van der Waals surface area contributed by atoms with Gasteiger partial charge >= 0.3 is 5.69 Å². The van der Waals surface area contributed by atoms with Gasteiger partial charge in [0.05, 0.1) is 39.5 Å². The van der Waals surface area contributed by atoms with Crippen LogP contribution in [0.5, 0.6) is 5.75 Å². The first-order valence-corrected chi connectivity index (χ1v) is 18.6. The number of nitrogen functional groups attached to an aromatic ring is 2. The highest BCUT2D eigenvalue weighted by atomic mass is 32.2. The van der Waals surface area contributed by atoms with Crippen molar-refractivity contribution in [1.82, 2.24) is 9.97 Å². The van der Waals surface area contributed by atoms with Gasteiger partial charge in [-0.3, -0.25) is 23.4 Å². The van der Waals surface area contributed by atoms with Gasteiger partial charge in [0.25, 0.3) is 35.9 Å². The van der Waals surface area contributed by atoms with Gasteiger partial charge in [-0.2, -0.15) is 25.3 Å². The molecule has 0 saturated carbocycles. The summed E-state index contributed by atoms with van der Waals surface area (Å²) in [5.74, 6) is -0.744. The van der Waals surface area contributed by atoms with E-state index in [9.17, 15) is 53.6 Å². The third kappa shape index (κ3) is 7.00. The predicted molar refractivity (Wildman–Crippen MR) is 186 cm³/mol. The van der Waals surface area contributed by atoms with E-state index in [0.717, 1.165) is 18.2 Å². The number of benzene rings is 5. The summed E-state index contributed by atoms with van der Waals surface area (Å²) in [6, 6.07) is 14.3. The summed E-state index contributed by atoms with van der Waals surface area (Å²) in [5.41, 5.74) is 9.72. The van der Waals surface area contributed by atoms with Crippen molar-refractivity contribution >= 4 is 91.2 Å². The number of hydrogen-bond donors (Lipinski definition) is 11. The maximum atomic E-state index is 12.3. The van der Waals surface area contributed by atoms with Crippen LogP contribution in [0.1, 0.15) is 0 Å². The number of H-pyrrole nitrogens is 2. The largest absolute Gasteiger partial charge is 0.505 e. The van der Waals surface area contributed by atoms with Gasteiger partial charge < -0.3 is 26.5 Å². The van der Waals surface area contributed by atoms with Crippen molar-refractivity contribution in [2.75, 3.05) is 28.5 Å². The highest BCUT2D eigenvalue weighted by Gasteiger charge is 2.24. The molecule has 0 aliphatic carbocycles. The van der Waals surface area contributed by atoms with E-state index in [4.69, 9.17) is 5.73 Å². The molecule has 0 unspecified atom stereocenters. The monoisotopic (exact) mass is 760 g/mol. The van der Waals surface area contributed by atoms with E-state index < -0.39 is 73.4 Å². The first-order chi connectivity index (χ1) is 23.8. The summed E-state index contributed by atoms with van der Waals surface area (Å²) in [6.07, 6.45) is 0. The number of aromatic hydroxyl groups is 1. The van der Waals surface area contributed by atoms with E-state index >= 15 is 0 Å². The Morgan fingerprint density at radius 3 is 2.06 bits per heavy atom. The average Bonchev–Trinajstić information content (AvgIpc) is 3.03. The minimum atomic E-state index is -5.04. The fraction of sp³-hybridized carbons (Fsp3) is 0.0345. The minimum Gasteiger partial charge on any atom is -0.505 e. The zero-order chi connectivity index (χ0) is 37.0. The molecule has 5 aromatic carbocycles. The van der Waals surface area contributed by atoms with Gasteiger partial charge in [-0.1, -0.05) is 6.07 Å². The predicted octanol–water partition coefficient (Wildman–Crippen LogP) is 1.25. The van der Waals surface area contributed by atoms with Gasteiger partial charge in [0.15, 0.2) is 5.69 Å². The Labute approximate surface area is 286 Å². The van der Waals surface area contributed by atoms with Gasteiger partial charge in [0, 0.05) is 34.0 Å². The fourth-order valence-electron chi connectivity index (χ4n) is 5.43. The van der Waals surface area contributed by atoms with E-state index in [2.05, 4.69) is 26.0 Å². The molecule has 0 fully saturated rings. The van der Waals surface area contributed by atoms with Crippen molar-refractivity contribution in [1.29, 1.82) is 0 Å². The van der Waals surface area contributed by atoms with Crippen LogP contribution in [0.25, 0.3) is 32.4 Å². The average molecular weight is 761 g/mol. The number of hydrogen-bond acceptors (Lipinski definition) is 13. The summed E-state index contributed by atoms with van der Waals surface area (Å²) in [6.45, 7) is -0.363. The van der Waals surface area contributed by atoms with Crippen molar-refractivity contribution in [3.05, 3.63) is 87.6 Å². The second kappa shape index (κ2) is 12.5. The highest BCUT2D eigenvalue weighted by molar-refractivity contribution is 7.86. The maximum absolute atomic E-state index is 12.3. The minimum absolute atomic E-state index is 0.131. The van der Waals surface area contributed by atoms with Crippen molar-refractivity contribution in [2.45, 2.75) is 14.7 Å². The molecule has 266 valence electrons. The molecule has 0 amide bonds. The Kier molecular flexibility index (Phi) is 8.63. The molecule has 13 N–H and O–H groups in total. The van der Waals surface area contributed by atoms with Crippen molar-refractivity contribution in [2.24, 2.45) is 0 Å². The maximum Gasteiger partial charge on any atom is 0.326 e. The highest BCUT2D eigenvalue weighted by Crippen LogP contribution is 2.41. The quantitative estimate of drug-likeness (QED) is 0.0234. The molecule has 0 atom stereocenters. The summed E-state index contributed by atoms with van der Waals surface area (Å²) >= 11 is 0. The first-order valence-electron chi connectivity index (χ1n) is 14.2. The molecule has 1 aromatic heterocycles. The van der Waals surface area contributed by atoms with E-state index in [0.29, 0.717) is 22.3 Å². The number of phenols is 1. The zero-order valence-corrected chi connectivity index (χ0v) is 27.9. The number of quaternary nitrogens is 1. The number of phenolic OH excluding ortho intramolecular Hbond substituents is 1. The molecule has 0 aliphatic rings. The molecule has 0 saturated heterocycles. The lowest BCUT2D eigenvalue weighted by Gasteiger charge is -2.18. The molecule has 6 aromatic rings. The first kappa shape index (κ1) is 35.1. The third-order valence-electron chi connectivity index (χ3n) is 7.75. The van der Waals surface area contributed by atoms with Crippen molar-refractivity contribution in [3.8, 4) is 5.75 Å². The number of nitrogens with one attached hydrogen (secondary N) is 5. The lowest BCUT2D eigenvalue weighted by atomic mass is 10.1. The van der Waals surface area contributed by atoms with E-state index in [1.165, 1.54) is 30.3 Å². The number of aromatic amines is 2.